The molecule has 2 nitrogen and oxygen atoms in total. The molecule has 96 valence electrons. The first kappa shape index (κ1) is 14.0. The van der Waals surface area contributed by atoms with Crippen LogP contribution in [0, 0.1) is 0 Å². The maximum Gasteiger partial charge on any atom is 0.0806 e. The maximum absolute atomic E-state index is 6.18. The van der Waals surface area contributed by atoms with Gasteiger partial charge in [-0.2, -0.15) is 0 Å². The lowest BCUT2D eigenvalue weighted by molar-refractivity contribution is -0.0545. The molecule has 0 bridgehead atoms. The second-order valence-electron chi connectivity index (χ2n) is 5.12. The summed E-state index contributed by atoms with van der Waals surface area (Å²) in [7, 11) is 0. The Morgan fingerprint density at radius 1 is 1.00 bits per heavy atom. The number of nitrogens with one attached hydrogen (secondary N) is 1. The highest BCUT2D eigenvalue weighted by Crippen LogP contribution is 2.30. The van der Waals surface area contributed by atoms with Gasteiger partial charge in [0.25, 0.3) is 0 Å². The fraction of sp³-hybridized carbons (Fsp3) is 1.00. The second kappa shape index (κ2) is 8.08. The summed E-state index contributed by atoms with van der Waals surface area (Å²) in [5.41, 5.74) is 0.154. The highest BCUT2D eigenvalue weighted by molar-refractivity contribution is 4.85. The van der Waals surface area contributed by atoms with Gasteiger partial charge in [-0.15, -0.1) is 0 Å². The molecular formula is C14H29NO. The van der Waals surface area contributed by atoms with Crippen molar-refractivity contribution in [2.75, 3.05) is 19.7 Å². The largest absolute Gasteiger partial charge is 0.374 e. The van der Waals surface area contributed by atoms with Crippen molar-refractivity contribution in [1.82, 2.24) is 5.32 Å². The Bertz CT molecular complexity index is 162. The normalized spacial score (nSPS) is 20.6. The number of rotatable bonds is 7. The summed E-state index contributed by atoms with van der Waals surface area (Å²) in [5.74, 6) is 0. The van der Waals surface area contributed by atoms with Crippen molar-refractivity contribution < 1.29 is 4.74 Å². The van der Waals surface area contributed by atoms with E-state index in [0.29, 0.717) is 0 Å². The lowest BCUT2D eigenvalue weighted by Crippen LogP contribution is -2.43. The van der Waals surface area contributed by atoms with E-state index in [1.54, 1.807) is 0 Å². The first-order chi connectivity index (χ1) is 7.83. The minimum Gasteiger partial charge on any atom is -0.374 e. The highest BCUT2D eigenvalue weighted by Gasteiger charge is 2.30. The van der Waals surface area contributed by atoms with Crippen molar-refractivity contribution in [3.8, 4) is 0 Å². The van der Waals surface area contributed by atoms with E-state index in [1.165, 1.54) is 44.9 Å². The summed E-state index contributed by atoms with van der Waals surface area (Å²) < 4.78 is 6.18. The Labute approximate surface area is 101 Å². The number of hydrogen-bond acceptors (Lipinski definition) is 2. The lowest BCUT2D eigenvalue weighted by atomic mass is 9.94. The van der Waals surface area contributed by atoms with E-state index in [1.807, 2.05) is 0 Å². The molecule has 0 spiro atoms. The van der Waals surface area contributed by atoms with Crippen LogP contribution in [0.25, 0.3) is 0 Å². The monoisotopic (exact) mass is 227 g/mol. The van der Waals surface area contributed by atoms with Gasteiger partial charge >= 0.3 is 0 Å². The fourth-order valence-electron chi connectivity index (χ4n) is 2.56. The van der Waals surface area contributed by atoms with E-state index in [2.05, 4.69) is 19.2 Å². The molecule has 0 saturated heterocycles. The minimum absolute atomic E-state index is 0.154. The molecule has 0 heterocycles. The van der Waals surface area contributed by atoms with Crippen LogP contribution in [0.3, 0.4) is 0 Å². The molecule has 16 heavy (non-hydrogen) atoms. The summed E-state index contributed by atoms with van der Waals surface area (Å²) in [4.78, 5) is 0. The van der Waals surface area contributed by atoms with Crippen LogP contribution in [-0.2, 0) is 4.74 Å². The molecule has 1 N–H and O–H groups in total. The second-order valence-corrected chi connectivity index (χ2v) is 5.12. The van der Waals surface area contributed by atoms with Crippen molar-refractivity contribution in [2.45, 2.75) is 70.8 Å². The SMILES string of the molecule is CCCNCC1(OCCC)CCCCCC1. The molecule has 2 heteroatoms. The first-order valence-electron chi connectivity index (χ1n) is 7.17. The molecule has 1 rings (SSSR count). The quantitative estimate of drug-likeness (QED) is 0.531. The van der Waals surface area contributed by atoms with Crippen LogP contribution in [0.4, 0.5) is 0 Å². The predicted octanol–water partition coefficient (Wildman–Crippen LogP) is 3.51. The van der Waals surface area contributed by atoms with Gasteiger partial charge in [0.2, 0.25) is 0 Å². The molecule has 0 radical (unpaired) electrons. The average molecular weight is 227 g/mol. The molecule has 0 unspecified atom stereocenters. The van der Waals surface area contributed by atoms with Gasteiger partial charge in [-0.1, -0.05) is 39.5 Å². The van der Waals surface area contributed by atoms with E-state index in [4.69, 9.17) is 4.74 Å². The van der Waals surface area contributed by atoms with Crippen LogP contribution in [0.2, 0.25) is 0 Å². The van der Waals surface area contributed by atoms with Crippen molar-refractivity contribution in [3.63, 3.8) is 0 Å². The van der Waals surface area contributed by atoms with Crippen LogP contribution in [0.5, 0.6) is 0 Å². The van der Waals surface area contributed by atoms with Gasteiger partial charge in [0.05, 0.1) is 5.60 Å². The zero-order valence-electron chi connectivity index (χ0n) is 11.2. The van der Waals surface area contributed by atoms with Gasteiger partial charge in [0.15, 0.2) is 0 Å². The molecule has 1 saturated carbocycles. The van der Waals surface area contributed by atoms with E-state index in [9.17, 15) is 0 Å². The Morgan fingerprint density at radius 2 is 1.69 bits per heavy atom. The molecule has 0 atom stereocenters. The lowest BCUT2D eigenvalue weighted by Gasteiger charge is -2.33. The predicted molar refractivity (Wildman–Crippen MR) is 69.8 cm³/mol. The van der Waals surface area contributed by atoms with Crippen molar-refractivity contribution in [2.24, 2.45) is 0 Å². The molecule has 1 aliphatic rings. The smallest absolute Gasteiger partial charge is 0.0806 e. The van der Waals surface area contributed by atoms with Crippen molar-refractivity contribution in [3.05, 3.63) is 0 Å². The summed E-state index contributed by atoms with van der Waals surface area (Å²) in [6.45, 7) is 7.52. The van der Waals surface area contributed by atoms with Crippen LogP contribution < -0.4 is 5.32 Å². The molecule has 0 amide bonds. The van der Waals surface area contributed by atoms with Gasteiger partial charge in [-0.05, 0) is 32.2 Å². The maximum atomic E-state index is 6.18. The molecule has 0 aromatic heterocycles. The van der Waals surface area contributed by atoms with E-state index in [0.717, 1.165) is 26.1 Å². The highest BCUT2D eigenvalue weighted by atomic mass is 16.5. The zero-order chi connectivity index (χ0) is 11.7. The van der Waals surface area contributed by atoms with Crippen LogP contribution >= 0.6 is 0 Å². The van der Waals surface area contributed by atoms with Gasteiger partial charge in [0, 0.05) is 13.2 Å². The van der Waals surface area contributed by atoms with Crippen LogP contribution in [0.1, 0.15) is 65.2 Å². The average Bonchev–Trinajstić information content (AvgIpc) is 2.53. The zero-order valence-corrected chi connectivity index (χ0v) is 11.2. The minimum atomic E-state index is 0.154. The first-order valence-corrected chi connectivity index (χ1v) is 7.17. The van der Waals surface area contributed by atoms with Crippen molar-refractivity contribution in [1.29, 1.82) is 0 Å². The van der Waals surface area contributed by atoms with E-state index < -0.39 is 0 Å². The molecule has 0 aromatic carbocycles. The molecule has 0 aromatic rings. The Hall–Kier alpha value is -0.0800. The van der Waals surface area contributed by atoms with Gasteiger partial charge < -0.3 is 10.1 Å². The summed E-state index contributed by atoms with van der Waals surface area (Å²) in [6, 6.07) is 0. The van der Waals surface area contributed by atoms with E-state index in [-0.39, 0.29) is 5.60 Å². The summed E-state index contributed by atoms with van der Waals surface area (Å²) in [6.07, 6.45) is 10.3. The summed E-state index contributed by atoms with van der Waals surface area (Å²) >= 11 is 0. The molecule has 1 aliphatic carbocycles. The fourth-order valence-corrected chi connectivity index (χ4v) is 2.56. The van der Waals surface area contributed by atoms with Gasteiger partial charge in [-0.25, -0.2) is 0 Å². The third-order valence-corrected chi connectivity index (χ3v) is 3.50. The molecule has 1 fully saturated rings. The van der Waals surface area contributed by atoms with Crippen LogP contribution in [-0.4, -0.2) is 25.3 Å². The van der Waals surface area contributed by atoms with Crippen LogP contribution in [0.15, 0.2) is 0 Å². The Balaban J connectivity index is 2.43. The summed E-state index contributed by atoms with van der Waals surface area (Å²) in [5, 5.41) is 3.56. The molecule has 0 aliphatic heterocycles. The third kappa shape index (κ3) is 4.84. The van der Waals surface area contributed by atoms with E-state index >= 15 is 0 Å². The van der Waals surface area contributed by atoms with Crippen molar-refractivity contribution >= 4 is 0 Å². The Morgan fingerprint density at radius 3 is 2.25 bits per heavy atom. The number of ether oxygens (including phenoxy) is 1. The van der Waals surface area contributed by atoms with Gasteiger partial charge in [0.1, 0.15) is 0 Å². The Kier molecular flexibility index (Phi) is 7.06. The standard InChI is InChI=1S/C14H29NO/c1-3-11-15-13-14(16-12-4-2)9-7-5-6-8-10-14/h15H,3-13H2,1-2H3. The number of hydrogen-bond donors (Lipinski definition) is 1. The topological polar surface area (TPSA) is 21.3 Å². The van der Waals surface area contributed by atoms with Gasteiger partial charge in [-0.3, -0.25) is 0 Å². The third-order valence-electron chi connectivity index (χ3n) is 3.50. The molecular weight excluding hydrogens is 198 g/mol.